The Bertz CT molecular complexity index is 726. The SMILES string of the molecule is O=S(=O)(Cc1ccc(Br)cc1)N1CCc2ccccc21. The molecule has 104 valence electrons. The van der Waals surface area contributed by atoms with Gasteiger partial charge in [0.1, 0.15) is 0 Å². The van der Waals surface area contributed by atoms with E-state index in [1.807, 2.05) is 48.5 Å². The second-order valence-corrected chi connectivity index (χ2v) is 7.64. The summed E-state index contributed by atoms with van der Waals surface area (Å²) in [4.78, 5) is 0. The highest BCUT2D eigenvalue weighted by atomic mass is 79.9. The summed E-state index contributed by atoms with van der Waals surface area (Å²) >= 11 is 3.35. The fourth-order valence-electron chi connectivity index (χ4n) is 2.47. The smallest absolute Gasteiger partial charge is 0.239 e. The molecule has 1 aliphatic heterocycles. The molecule has 1 aliphatic rings. The largest absolute Gasteiger partial charge is 0.269 e. The van der Waals surface area contributed by atoms with Crippen LogP contribution < -0.4 is 4.31 Å². The van der Waals surface area contributed by atoms with E-state index >= 15 is 0 Å². The quantitative estimate of drug-likeness (QED) is 0.850. The van der Waals surface area contributed by atoms with Crippen molar-refractivity contribution in [1.29, 1.82) is 0 Å². The summed E-state index contributed by atoms with van der Waals surface area (Å²) < 4.78 is 27.6. The molecular weight excluding hydrogens is 338 g/mol. The number of hydrogen-bond acceptors (Lipinski definition) is 2. The van der Waals surface area contributed by atoms with Crippen molar-refractivity contribution >= 4 is 31.6 Å². The highest BCUT2D eigenvalue weighted by Gasteiger charge is 2.28. The average molecular weight is 352 g/mol. The van der Waals surface area contributed by atoms with Crippen LogP contribution >= 0.6 is 15.9 Å². The van der Waals surface area contributed by atoms with Crippen LogP contribution in [0.1, 0.15) is 11.1 Å². The molecule has 0 fully saturated rings. The normalized spacial score (nSPS) is 14.3. The molecule has 3 rings (SSSR count). The summed E-state index contributed by atoms with van der Waals surface area (Å²) in [6, 6.07) is 15.1. The van der Waals surface area contributed by atoms with Gasteiger partial charge in [0, 0.05) is 11.0 Å². The summed E-state index contributed by atoms with van der Waals surface area (Å²) in [5, 5.41) is 0. The third-order valence-electron chi connectivity index (χ3n) is 3.44. The van der Waals surface area contributed by atoms with Crippen molar-refractivity contribution < 1.29 is 8.42 Å². The van der Waals surface area contributed by atoms with Crippen molar-refractivity contribution in [2.24, 2.45) is 0 Å². The molecule has 2 aromatic carbocycles. The minimum atomic E-state index is -3.32. The van der Waals surface area contributed by atoms with E-state index in [0.717, 1.165) is 27.7 Å². The predicted molar refractivity (Wildman–Crippen MR) is 84.3 cm³/mol. The summed E-state index contributed by atoms with van der Waals surface area (Å²) in [6.07, 6.45) is 0.787. The molecule has 0 aliphatic carbocycles. The molecule has 1 heterocycles. The van der Waals surface area contributed by atoms with Crippen LogP contribution in [0.2, 0.25) is 0 Å². The molecule has 0 spiro atoms. The Morgan fingerprint density at radius 2 is 1.75 bits per heavy atom. The van der Waals surface area contributed by atoms with E-state index < -0.39 is 10.0 Å². The molecule has 0 saturated heterocycles. The van der Waals surface area contributed by atoms with Gasteiger partial charge in [0.2, 0.25) is 10.0 Å². The lowest BCUT2D eigenvalue weighted by atomic mass is 10.2. The van der Waals surface area contributed by atoms with E-state index in [-0.39, 0.29) is 5.75 Å². The number of rotatable bonds is 3. The van der Waals surface area contributed by atoms with Crippen LogP contribution in [0, 0.1) is 0 Å². The molecule has 5 heteroatoms. The number of sulfonamides is 1. The molecule has 2 aromatic rings. The summed E-state index contributed by atoms with van der Waals surface area (Å²) in [6.45, 7) is 0.540. The fraction of sp³-hybridized carbons (Fsp3) is 0.200. The Kier molecular flexibility index (Phi) is 3.56. The monoisotopic (exact) mass is 351 g/mol. The zero-order chi connectivity index (χ0) is 14.2. The number of halogens is 1. The van der Waals surface area contributed by atoms with Gasteiger partial charge < -0.3 is 0 Å². The number of benzene rings is 2. The molecule has 0 unspecified atom stereocenters. The molecular formula is C15H14BrNO2S. The molecule has 0 N–H and O–H groups in total. The lowest BCUT2D eigenvalue weighted by Crippen LogP contribution is -2.30. The first-order chi connectivity index (χ1) is 9.56. The first-order valence-corrected chi connectivity index (χ1v) is 8.79. The van der Waals surface area contributed by atoms with Gasteiger partial charge in [0.05, 0.1) is 11.4 Å². The number of fused-ring (bicyclic) bond motifs is 1. The van der Waals surface area contributed by atoms with Gasteiger partial charge >= 0.3 is 0 Å². The van der Waals surface area contributed by atoms with Crippen LogP contribution in [0.5, 0.6) is 0 Å². The third kappa shape index (κ3) is 2.60. The van der Waals surface area contributed by atoms with Gasteiger partial charge in [-0.05, 0) is 35.7 Å². The molecule has 0 aromatic heterocycles. The number of para-hydroxylation sites is 1. The lowest BCUT2D eigenvalue weighted by Gasteiger charge is -2.19. The Morgan fingerprint density at radius 1 is 1.05 bits per heavy atom. The maximum Gasteiger partial charge on any atom is 0.239 e. The number of anilines is 1. The summed E-state index contributed by atoms with van der Waals surface area (Å²) in [7, 11) is -3.32. The van der Waals surface area contributed by atoms with Crippen LogP contribution in [0.3, 0.4) is 0 Å². The van der Waals surface area contributed by atoms with Gasteiger partial charge in [-0.15, -0.1) is 0 Å². The molecule has 20 heavy (non-hydrogen) atoms. The van der Waals surface area contributed by atoms with Crippen molar-refractivity contribution in [1.82, 2.24) is 0 Å². The van der Waals surface area contributed by atoms with Crippen LogP contribution in [0.25, 0.3) is 0 Å². The first kappa shape index (κ1) is 13.6. The second kappa shape index (κ2) is 5.22. The Balaban J connectivity index is 1.88. The topological polar surface area (TPSA) is 37.4 Å². The molecule has 0 bridgehead atoms. The van der Waals surface area contributed by atoms with Crippen molar-refractivity contribution in [3.05, 3.63) is 64.1 Å². The van der Waals surface area contributed by atoms with Gasteiger partial charge in [-0.1, -0.05) is 46.3 Å². The first-order valence-electron chi connectivity index (χ1n) is 6.39. The van der Waals surface area contributed by atoms with E-state index in [0.29, 0.717) is 6.54 Å². The number of hydrogen-bond donors (Lipinski definition) is 0. The number of nitrogens with zero attached hydrogens (tertiary/aromatic N) is 1. The minimum absolute atomic E-state index is 0.0363. The van der Waals surface area contributed by atoms with Crippen LogP contribution in [0.4, 0.5) is 5.69 Å². The summed E-state index contributed by atoms with van der Waals surface area (Å²) in [5.74, 6) is 0.0363. The highest BCUT2D eigenvalue weighted by Crippen LogP contribution is 2.31. The van der Waals surface area contributed by atoms with Crippen molar-refractivity contribution in [2.45, 2.75) is 12.2 Å². The molecule has 3 nitrogen and oxygen atoms in total. The molecule has 0 saturated carbocycles. The van der Waals surface area contributed by atoms with Gasteiger partial charge in [-0.25, -0.2) is 8.42 Å². The van der Waals surface area contributed by atoms with Crippen LogP contribution in [-0.2, 0) is 22.2 Å². The molecule has 0 atom stereocenters. The maximum absolute atomic E-state index is 12.6. The Hall–Kier alpha value is -1.33. The lowest BCUT2D eigenvalue weighted by molar-refractivity contribution is 0.591. The van der Waals surface area contributed by atoms with E-state index in [2.05, 4.69) is 15.9 Å². The van der Waals surface area contributed by atoms with Gasteiger partial charge in [0.25, 0.3) is 0 Å². The van der Waals surface area contributed by atoms with E-state index in [4.69, 9.17) is 0 Å². The van der Waals surface area contributed by atoms with Crippen molar-refractivity contribution in [3.63, 3.8) is 0 Å². The zero-order valence-electron chi connectivity index (χ0n) is 10.8. The minimum Gasteiger partial charge on any atom is -0.269 e. The summed E-state index contributed by atoms with van der Waals surface area (Å²) in [5.41, 5.74) is 2.73. The standard InChI is InChI=1S/C15H14BrNO2S/c16-14-7-5-12(6-8-14)11-20(18,19)17-10-9-13-3-1-2-4-15(13)17/h1-8H,9-11H2. The molecule has 0 amide bonds. The van der Waals surface area contributed by atoms with E-state index in [9.17, 15) is 8.42 Å². The predicted octanol–water partition coefficient (Wildman–Crippen LogP) is 3.34. The van der Waals surface area contributed by atoms with Gasteiger partial charge in [-0.3, -0.25) is 4.31 Å². The maximum atomic E-state index is 12.6. The van der Waals surface area contributed by atoms with Crippen molar-refractivity contribution in [2.75, 3.05) is 10.8 Å². The van der Waals surface area contributed by atoms with Gasteiger partial charge in [0.15, 0.2) is 0 Å². The Labute approximate surface area is 127 Å². The van der Waals surface area contributed by atoms with E-state index in [1.165, 1.54) is 4.31 Å². The zero-order valence-corrected chi connectivity index (χ0v) is 13.2. The second-order valence-electron chi connectivity index (χ2n) is 4.83. The van der Waals surface area contributed by atoms with Crippen molar-refractivity contribution in [3.8, 4) is 0 Å². The molecule has 0 radical (unpaired) electrons. The van der Waals surface area contributed by atoms with Crippen LogP contribution in [-0.4, -0.2) is 15.0 Å². The average Bonchev–Trinajstić information content (AvgIpc) is 2.86. The Morgan fingerprint density at radius 3 is 2.50 bits per heavy atom. The highest BCUT2D eigenvalue weighted by molar-refractivity contribution is 9.10. The third-order valence-corrected chi connectivity index (χ3v) is 5.72. The van der Waals surface area contributed by atoms with Crippen LogP contribution in [0.15, 0.2) is 53.0 Å². The fourth-order valence-corrected chi connectivity index (χ4v) is 4.35. The van der Waals surface area contributed by atoms with E-state index in [1.54, 1.807) is 0 Å². The van der Waals surface area contributed by atoms with Gasteiger partial charge in [-0.2, -0.15) is 0 Å².